The number of ether oxygens (including phenoxy) is 2. The Balaban J connectivity index is 0.000000464. The number of halogens is 5. The van der Waals surface area contributed by atoms with Gasteiger partial charge >= 0.3 is 24.4 Å². The Hall–Kier alpha value is -3.53. The molecule has 0 radical (unpaired) electrons. The third-order valence-electron chi connectivity index (χ3n) is 8.38. The molecule has 1 aliphatic rings. The van der Waals surface area contributed by atoms with Crippen LogP contribution in [-0.2, 0) is 59.1 Å². The minimum atomic E-state index is -4.10. The number of aliphatic carboxylic acids is 1. The zero-order valence-electron chi connectivity index (χ0n) is 36.2. The molecule has 2 heterocycles. The molecule has 2 amide bonds. The number of methoxy groups -OCH3 is 2. The van der Waals surface area contributed by atoms with Crippen LogP contribution in [0.1, 0.15) is 37.8 Å². The normalized spacial score (nSPS) is 12.0. The summed E-state index contributed by atoms with van der Waals surface area (Å²) < 4.78 is 37.4. The second-order valence-corrected chi connectivity index (χ2v) is 18.4. The van der Waals surface area contributed by atoms with Crippen LogP contribution in [0.3, 0.4) is 0 Å². The molecule has 4 rings (SSSR count). The van der Waals surface area contributed by atoms with E-state index in [9.17, 15) is 32.9 Å². The maximum atomic E-state index is 14.3. The van der Waals surface area contributed by atoms with Crippen LogP contribution in [0.5, 0.6) is 0 Å². The largest absolute Gasteiger partial charge is 0.480 e. The number of carboxylic acids is 1. The molecule has 2 aromatic carbocycles. The van der Waals surface area contributed by atoms with Crippen molar-refractivity contribution in [3.63, 3.8) is 0 Å². The standard InChI is InChI=1S/C15H15ClFN3O3S2.C14H20ClNO2.C8H11Cl2NO.C3H8NO5P/c1-23-13(21)8-24-12-7-11(10(17)6-9(12)16)18-14-19-4-2-3-5-20(19)15(22)25-14;1-4-11-7-6-8-12(5-2)14(11)16(10-18-3)13(17)9-15;1-3-5-11(6-4-2)8(12)7(9)10;5-3(6)1-4-2-10(7,8)9/h6-7H,2-5,8H2,1H3;6-8H,4-5,9-10H2,1-3H3;3-4,7H,1-2,5-6H2;4H,1-2H2,(H,5,6)(H2,7,8,9)/b18-14-;;;. The van der Waals surface area contributed by atoms with Crippen LogP contribution in [0.2, 0.25) is 5.02 Å². The second-order valence-electron chi connectivity index (χ2n) is 13.1. The monoisotopic (exact) mass is 1050 g/mol. The van der Waals surface area contributed by atoms with Crippen LogP contribution >= 0.6 is 77.1 Å². The minimum Gasteiger partial charge on any atom is -0.480 e. The van der Waals surface area contributed by atoms with Gasteiger partial charge < -0.3 is 29.3 Å². The lowest BCUT2D eigenvalue weighted by atomic mass is 10.0. The third-order valence-corrected chi connectivity index (χ3v) is 11.9. The molecule has 65 heavy (non-hydrogen) atoms. The Morgan fingerprint density at radius 3 is 2.12 bits per heavy atom. The Labute approximate surface area is 404 Å². The Morgan fingerprint density at radius 2 is 1.65 bits per heavy atom. The number of anilines is 1. The molecular formula is C40H54Cl4FN6O11PS2. The summed E-state index contributed by atoms with van der Waals surface area (Å²) in [5, 5.41) is 10.3. The van der Waals surface area contributed by atoms with E-state index in [0.29, 0.717) is 35.9 Å². The van der Waals surface area contributed by atoms with Crippen LogP contribution < -0.4 is 19.9 Å². The molecule has 362 valence electrons. The number of alkyl halides is 3. The third kappa shape index (κ3) is 21.3. The zero-order valence-corrected chi connectivity index (χ0v) is 41.8. The van der Waals surface area contributed by atoms with Gasteiger partial charge in [-0.05, 0) is 60.3 Å². The number of fused-ring (bicyclic) bond motifs is 1. The van der Waals surface area contributed by atoms with Crippen molar-refractivity contribution in [1.82, 2.24) is 19.6 Å². The maximum absolute atomic E-state index is 14.3. The number of hydrogen-bond acceptors (Lipinski definition) is 12. The van der Waals surface area contributed by atoms with Gasteiger partial charge in [-0.25, -0.2) is 14.1 Å². The number of carbonyl (C=O) groups excluding carboxylic acids is 3. The number of esters is 1. The number of carboxylic acid groups (broad SMARTS) is 1. The van der Waals surface area contributed by atoms with Gasteiger partial charge in [0.25, 0.3) is 5.91 Å². The topological polar surface area (TPSA) is 222 Å². The Bertz CT molecular complexity index is 2210. The number of thioether (sulfide) groups is 1. The second kappa shape index (κ2) is 31.4. The summed E-state index contributed by atoms with van der Waals surface area (Å²) in [7, 11) is -1.22. The van der Waals surface area contributed by atoms with Gasteiger partial charge in [0.1, 0.15) is 24.1 Å². The number of rotatable bonds is 19. The molecule has 3 aromatic rings. The summed E-state index contributed by atoms with van der Waals surface area (Å²) >= 11 is 24.6. The first-order valence-electron chi connectivity index (χ1n) is 19.5. The van der Waals surface area contributed by atoms with Crippen LogP contribution in [0.15, 0.2) is 70.3 Å². The first-order chi connectivity index (χ1) is 30.7. The lowest BCUT2D eigenvalue weighted by Gasteiger charge is -2.26. The van der Waals surface area contributed by atoms with E-state index in [1.165, 1.54) is 18.1 Å². The maximum Gasteiger partial charge on any atom is 0.339 e. The average molecular weight is 1050 g/mol. The van der Waals surface area contributed by atoms with E-state index in [2.05, 4.69) is 42.1 Å². The summed E-state index contributed by atoms with van der Waals surface area (Å²) in [6.07, 6.45) is 6.26. The highest BCUT2D eigenvalue weighted by molar-refractivity contribution is 8.00. The Kier molecular flexibility index (Phi) is 28.8. The van der Waals surface area contributed by atoms with Gasteiger partial charge in [-0.1, -0.05) is 79.0 Å². The van der Waals surface area contributed by atoms with Gasteiger partial charge in [-0.15, -0.1) is 36.5 Å². The number of benzene rings is 2. The molecule has 0 fully saturated rings. The first-order valence-corrected chi connectivity index (χ1v) is 24.9. The minimum absolute atomic E-state index is 0.0371. The SMILES string of the molecule is C=CCN(CC=C)C(=O)C(Cl)Cl.CCc1cccc(CC)c1N(COC)C(=O)CCl.COC(=O)CSc1cc(/N=c2\sc(=O)n3n2CCCC3)c(F)cc1Cl.O=C(O)CNCP(=O)(O)O. The molecule has 0 spiro atoms. The van der Waals surface area contributed by atoms with Crippen LogP contribution in [0, 0.1) is 5.82 Å². The highest BCUT2D eigenvalue weighted by Crippen LogP contribution is 2.34. The lowest BCUT2D eigenvalue weighted by molar-refractivity contribution is -0.137. The molecule has 17 nitrogen and oxygen atoms in total. The molecule has 0 saturated heterocycles. The van der Waals surface area contributed by atoms with Gasteiger partial charge in [-0.3, -0.25) is 43.4 Å². The number of aryl methyl sites for hydroxylation is 2. The van der Waals surface area contributed by atoms with Crippen LogP contribution in [0.4, 0.5) is 15.8 Å². The van der Waals surface area contributed by atoms with E-state index in [-0.39, 0.29) is 45.8 Å². The van der Waals surface area contributed by atoms with E-state index in [1.807, 2.05) is 18.2 Å². The molecule has 4 N–H and O–H groups in total. The van der Waals surface area contributed by atoms with Crippen LogP contribution in [-0.4, -0.2) is 116 Å². The van der Waals surface area contributed by atoms with E-state index in [1.54, 1.807) is 33.5 Å². The smallest absolute Gasteiger partial charge is 0.339 e. The summed E-state index contributed by atoms with van der Waals surface area (Å²) in [6, 6.07) is 8.75. The highest BCUT2D eigenvalue weighted by atomic mass is 35.5. The molecular weight excluding hydrogens is 996 g/mol. The van der Waals surface area contributed by atoms with Gasteiger partial charge in [0.05, 0.1) is 36.4 Å². The fraction of sp³-hybridized carbons (Fsp3) is 0.450. The van der Waals surface area contributed by atoms with Gasteiger partial charge in [0, 0.05) is 38.2 Å². The first kappa shape index (κ1) is 59.5. The summed E-state index contributed by atoms with van der Waals surface area (Å²) in [5.41, 5.74) is 3.32. The van der Waals surface area contributed by atoms with Crippen molar-refractivity contribution in [3.8, 4) is 0 Å². The molecule has 0 bridgehead atoms. The van der Waals surface area contributed by atoms with Gasteiger partial charge in [-0.2, -0.15) is 0 Å². The van der Waals surface area contributed by atoms with Crippen molar-refractivity contribution in [1.29, 1.82) is 0 Å². The number of amides is 2. The van der Waals surface area contributed by atoms with E-state index in [0.717, 1.165) is 71.7 Å². The quantitative estimate of drug-likeness (QED) is 0.0250. The number of hydrogen-bond donors (Lipinski definition) is 4. The predicted octanol–water partition coefficient (Wildman–Crippen LogP) is 6.57. The van der Waals surface area contributed by atoms with Crippen molar-refractivity contribution < 1.29 is 52.5 Å². The highest BCUT2D eigenvalue weighted by Gasteiger charge is 2.21. The number of nitrogens with one attached hydrogen (secondary N) is 1. The summed E-state index contributed by atoms with van der Waals surface area (Å²) in [4.78, 5) is 79.9. The molecule has 25 heteroatoms. The molecule has 1 aromatic heterocycles. The van der Waals surface area contributed by atoms with Gasteiger partial charge in [0.15, 0.2) is 4.84 Å². The molecule has 0 saturated carbocycles. The molecule has 0 unspecified atom stereocenters. The molecule has 0 atom stereocenters. The predicted molar refractivity (Wildman–Crippen MR) is 255 cm³/mol. The van der Waals surface area contributed by atoms with Crippen molar-refractivity contribution in [2.24, 2.45) is 4.99 Å². The van der Waals surface area contributed by atoms with Crippen LogP contribution in [0.25, 0.3) is 0 Å². The van der Waals surface area contributed by atoms with E-state index in [4.69, 9.17) is 66.0 Å². The summed E-state index contributed by atoms with van der Waals surface area (Å²) in [6.45, 7) is 13.2. The molecule has 1 aliphatic heterocycles. The number of aromatic nitrogens is 2. The number of carbonyl (C=O) groups is 4. The summed E-state index contributed by atoms with van der Waals surface area (Å²) in [5.74, 6) is -2.56. The molecule has 0 aliphatic carbocycles. The van der Waals surface area contributed by atoms with Crippen molar-refractivity contribution in [2.45, 2.75) is 62.4 Å². The zero-order chi connectivity index (χ0) is 49.3. The fourth-order valence-electron chi connectivity index (χ4n) is 5.47. The number of nitrogens with zero attached hydrogens (tertiary/aromatic N) is 5. The van der Waals surface area contributed by atoms with Crippen molar-refractivity contribution >= 4 is 112 Å². The fourth-order valence-corrected chi connectivity index (χ4v) is 8.28. The lowest BCUT2D eigenvalue weighted by Crippen LogP contribution is -2.35. The van der Waals surface area contributed by atoms with E-state index < -0.39 is 43.0 Å². The van der Waals surface area contributed by atoms with Crippen molar-refractivity contribution in [2.75, 3.05) is 63.4 Å². The van der Waals surface area contributed by atoms with Crippen molar-refractivity contribution in [3.05, 3.63) is 92.1 Å². The van der Waals surface area contributed by atoms with Gasteiger partial charge in [0.2, 0.25) is 10.7 Å². The average Bonchev–Trinajstić information content (AvgIpc) is 3.59. The number of para-hydroxylation sites is 1. The van der Waals surface area contributed by atoms with E-state index >= 15 is 0 Å². The Morgan fingerprint density at radius 1 is 1.06 bits per heavy atom.